The Hall–Kier alpha value is -2.29. The van der Waals surface area contributed by atoms with Crippen molar-refractivity contribution in [2.45, 2.75) is 20.4 Å². The molecule has 0 aliphatic carbocycles. The van der Waals surface area contributed by atoms with Gasteiger partial charge >= 0.3 is 5.97 Å². The van der Waals surface area contributed by atoms with Crippen LogP contribution in [0.2, 0.25) is 0 Å². The van der Waals surface area contributed by atoms with Gasteiger partial charge in [-0.2, -0.15) is 0 Å². The third kappa shape index (κ3) is 3.18. The fourth-order valence-electron chi connectivity index (χ4n) is 2.31. The van der Waals surface area contributed by atoms with Crippen LogP contribution in [0.25, 0.3) is 0 Å². The summed E-state index contributed by atoms with van der Waals surface area (Å²) in [6.07, 6.45) is 0. The number of carboxylic acids is 1. The van der Waals surface area contributed by atoms with Crippen LogP contribution in [0.15, 0.2) is 48.5 Å². The summed E-state index contributed by atoms with van der Waals surface area (Å²) < 4.78 is 0. The number of carboxylic acid groups (broad SMARTS) is 1. The van der Waals surface area contributed by atoms with Gasteiger partial charge in [0.25, 0.3) is 0 Å². The molecule has 0 radical (unpaired) electrons. The van der Waals surface area contributed by atoms with Gasteiger partial charge in [0.05, 0.1) is 5.56 Å². The molecule has 20 heavy (non-hydrogen) atoms. The monoisotopic (exact) mass is 269 g/mol. The van der Waals surface area contributed by atoms with Crippen molar-refractivity contribution in [2.24, 2.45) is 0 Å². The Kier molecular flexibility index (Phi) is 4.41. The molecule has 0 amide bonds. The van der Waals surface area contributed by atoms with Crippen molar-refractivity contribution in [3.8, 4) is 0 Å². The summed E-state index contributed by atoms with van der Waals surface area (Å²) in [6, 6.07) is 15.4. The highest BCUT2D eigenvalue weighted by molar-refractivity contribution is 5.87. The molecule has 0 heterocycles. The molecule has 0 fully saturated rings. The van der Waals surface area contributed by atoms with Crippen molar-refractivity contribution in [1.29, 1.82) is 0 Å². The molecule has 3 heteroatoms. The van der Waals surface area contributed by atoms with Gasteiger partial charge in [-0.05, 0) is 43.2 Å². The van der Waals surface area contributed by atoms with Crippen molar-refractivity contribution in [2.75, 3.05) is 11.4 Å². The first kappa shape index (κ1) is 14.1. The zero-order chi connectivity index (χ0) is 14.5. The zero-order valence-corrected chi connectivity index (χ0v) is 11.8. The molecular formula is C17H19NO2. The number of para-hydroxylation sites is 1. The number of aromatic carboxylic acids is 1. The van der Waals surface area contributed by atoms with Crippen LogP contribution < -0.4 is 4.90 Å². The number of hydrogen-bond acceptors (Lipinski definition) is 2. The highest BCUT2D eigenvalue weighted by atomic mass is 16.4. The number of nitrogens with zero attached hydrogens (tertiary/aromatic N) is 1. The van der Waals surface area contributed by atoms with Crippen LogP contribution in [0.4, 0.5) is 5.69 Å². The molecule has 0 saturated heterocycles. The highest BCUT2D eigenvalue weighted by Gasteiger charge is 2.09. The van der Waals surface area contributed by atoms with Crippen molar-refractivity contribution in [3.63, 3.8) is 0 Å². The average Bonchev–Trinajstić information content (AvgIpc) is 2.46. The minimum atomic E-state index is -0.884. The minimum absolute atomic E-state index is 0.336. The molecule has 0 aliphatic rings. The molecule has 0 unspecified atom stereocenters. The van der Waals surface area contributed by atoms with E-state index in [-0.39, 0.29) is 0 Å². The summed E-state index contributed by atoms with van der Waals surface area (Å²) in [5.41, 5.74) is 3.76. The summed E-state index contributed by atoms with van der Waals surface area (Å²) >= 11 is 0. The fraction of sp³-hybridized carbons (Fsp3) is 0.235. The Labute approximate surface area is 119 Å². The Balaban J connectivity index is 2.25. The fourth-order valence-corrected chi connectivity index (χ4v) is 2.31. The van der Waals surface area contributed by atoms with E-state index >= 15 is 0 Å². The standard InChI is InChI=1S/C17H19NO2/c1-3-18(16-10-5-4-7-13(16)2)12-14-8-6-9-15(11-14)17(19)20/h4-11H,3,12H2,1-2H3,(H,19,20). The second-order valence-corrected chi connectivity index (χ2v) is 4.81. The van der Waals surface area contributed by atoms with E-state index in [1.807, 2.05) is 18.2 Å². The lowest BCUT2D eigenvalue weighted by Gasteiger charge is -2.25. The predicted molar refractivity (Wildman–Crippen MR) is 81.3 cm³/mol. The van der Waals surface area contributed by atoms with Crippen molar-refractivity contribution < 1.29 is 9.90 Å². The summed E-state index contributed by atoms with van der Waals surface area (Å²) in [6.45, 7) is 5.78. The average molecular weight is 269 g/mol. The predicted octanol–water partition coefficient (Wildman–Crippen LogP) is 3.72. The van der Waals surface area contributed by atoms with Gasteiger partial charge in [-0.1, -0.05) is 30.3 Å². The Morgan fingerprint density at radius 2 is 1.90 bits per heavy atom. The first-order valence-corrected chi connectivity index (χ1v) is 6.74. The summed E-state index contributed by atoms with van der Waals surface area (Å²) in [5.74, 6) is -0.884. The molecule has 2 rings (SSSR count). The third-order valence-electron chi connectivity index (χ3n) is 3.39. The molecule has 0 atom stereocenters. The van der Waals surface area contributed by atoms with Crippen LogP contribution in [0.3, 0.4) is 0 Å². The zero-order valence-electron chi connectivity index (χ0n) is 11.8. The first-order valence-electron chi connectivity index (χ1n) is 6.74. The number of carbonyl (C=O) groups is 1. The van der Waals surface area contributed by atoms with E-state index in [0.29, 0.717) is 12.1 Å². The minimum Gasteiger partial charge on any atom is -0.478 e. The van der Waals surface area contributed by atoms with Crippen LogP contribution in [-0.2, 0) is 6.54 Å². The van der Waals surface area contributed by atoms with E-state index in [9.17, 15) is 4.79 Å². The molecule has 0 spiro atoms. The van der Waals surface area contributed by atoms with Crippen LogP contribution in [0, 0.1) is 6.92 Å². The van der Waals surface area contributed by atoms with Gasteiger partial charge in [-0.15, -0.1) is 0 Å². The maximum atomic E-state index is 11.0. The Morgan fingerprint density at radius 3 is 2.55 bits per heavy atom. The van der Waals surface area contributed by atoms with E-state index < -0.39 is 5.97 Å². The van der Waals surface area contributed by atoms with Crippen LogP contribution in [0.1, 0.15) is 28.4 Å². The SMILES string of the molecule is CCN(Cc1cccc(C(=O)O)c1)c1ccccc1C. The van der Waals surface area contributed by atoms with Gasteiger partial charge < -0.3 is 10.0 Å². The van der Waals surface area contributed by atoms with E-state index in [1.165, 1.54) is 11.3 Å². The first-order chi connectivity index (χ1) is 9.61. The number of anilines is 1. The van der Waals surface area contributed by atoms with Crippen molar-refractivity contribution >= 4 is 11.7 Å². The summed E-state index contributed by atoms with van der Waals surface area (Å²) in [5, 5.41) is 9.05. The molecule has 0 aromatic heterocycles. The summed E-state index contributed by atoms with van der Waals surface area (Å²) in [4.78, 5) is 13.3. The lowest BCUT2D eigenvalue weighted by molar-refractivity contribution is 0.0696. The molecule has 0 bridgehead atoms. The van der Waals surface area contributed by atoms with Crippen molar-refractivity contribution in [1.82, 2.24) is 0 Å². The van der Waals surface area contributed by atoms with E-state index in [0.717, 1.165) is 12.1 Å². The lowest BCUT2D eigenvalue weighted by atomic mass is 10.1. The van der Waals surface area contributed by atoms with Crippen molar-refractivity contribution in [3.05, 3.63) is 65.2 Å². The molecule has 0 saturated carbocycles. The van der Waals surface area contributed by atoms with Gasteiger partial charge in [-0.3, -0.25) is 0 Å². The molecular weight excluding hydrogens is 250 g/mol. The maximum Gasteiger partial charge on any atom is 0.335 e. The lowest BCUT2D eigenvalue weighted by Crippen LogP contribution is -2.22. The van der Waals surface area contributed by atoms with Crippen LogP contribution in [0.5, 0.6) is 0 Å². The quantitative estimate of drug-likeness (QED) is 0.899. The van der Waals surface area contributed by atoms with E-state index in [4.69, 9.17) is 5.11 Å². The number of rotatable bonds is 5. The second kappa shape index (κ2) is 6.24. The van der Waals surface area contributed by atoms with Gasteiger partial charge in [0, 0.05) is 18.8 Å². The molecule has 2 aromatic rings. The van der Waals surface area contributed by atoms with Crippen LogP contribution in [-0.4, -0.2) is 17.6 Å². The summed E-state index contributed by atoms with van der Waals surface area (Å²) in [7, 11) is 0. The van der Waals surface area contributed by atoms with Gasteiger partial charge in [0.15, 0.2) is 0 Å². The van der Waals surface area contributed by atoms with Gasteiger partial charge in [-0.25, -0.2) is 4.79 Å². The van der Waals surface area contributed by atoms with E-state index in [2.05, 4.69) is 30.9 Å². The molecule has 1 N–H and O–H groups in total. The molecule has 0 aliphatic heterocycles. The molecule has 3 nitrogen and oxygen atoms in total. The number of aryl methyl sites for hydroxylation is 1. The normalized spacial score (nSPS) is 10.3. The third-order valence-corrected chi connectivity index (χ3v) is 3.39. The number of benzene rings is 2. The number of hydrogen-bond donors (Lipinski definition) is 1. The second-order valence-electron chi connectivity index (χ2n) is 4.81. The van der Waals surface area contributed by atoms with Gasteiger partial charge in [0.2, 0.25) is 0 Å². The smallest absolute Gasteiger partial charge is 0.335 e. The van der Waals surface area contributed by atoms with Gasteiger partial charge in [0.1, 0.15) is 0 Å². The topological polar surface area (TPSA) is 40.5 Å². The Morgan fingerprint density at radius 1 is 1.15 bits per heavy atom. The Bertz CT molecular complexity index is 607. The largest absolute Gasteiger partial charge is 0.478 e. The highest BCUT2D eigenvalue weighted by Crippen LogP contribution is 2.21. The maximum absolute atomic E-state index is 11.0. The molecule has 104 valence electrons. The molecule has 2 aromatic carbocycles. The van der Waals surface area contributed by atoms with Crippen LogP contribution >= 0.6 is 0 Å². The van der Waals surface area contributed by atoms with E-state index in [1.54, 1.807) is 18.2 Å².